The van der Waals surface area contributed by atoms with Crippen LogP contribution in [-0.2, 0) is 14.3 Å². The molecule has 252 valence electrons. The maximum Gasteiger partial charge on any atom is 0.341 e. The minimum Gasteiger partial charge on any atom is -0.465 e. The molecular weight excluding hydrogens is 673 g/mol. The van der Waals surface area contributed by atoms with Crippen LogP contribution in [0.15, 0.2) is 126 Å². The average molecular weight is 705 g/mol. The average Bonchev–Trinajstić information content (AvgIpc) is 3.46. The van der Waals surface area contributed by atoms with E-state index in [1.165, 1.54) is 18.9 Å². The first-order valence-electron chi connectivity index (χ1n) is 15.3. The van der Waals surface area contributed by atoms with E-state index in [9.17, 15) is 24.0 Å². The lowest BCUT2D eigenvalue weighted by Crippen LogP contribution is -2.30. The zero-order chi connectivity index (χ0) is 35.5. The molecule has 5 rings (SSSR count). The Morgan fingerprint density at radius 1 is 0.740 bits per heavy atom. The zero-order valence-corrected chi connectivity index (χ0v) is 28.7. The first-order valence-corrected chi connectivity index (χ1v) is 17.1. The number of hydrogen-bond acceptors (Lipinski definition) is 8. The predicted molar refractivity (Wildman–Crippen MR) is 198 cm³/mol. The van der Waals surface area contributed by atoms with Gasteiger partial charge in [-0.05, 0) is 66.6 Å². The van der Waals surface area contributed by atoms with Crippen molar-refractivity contribution in [1.29, 1.82) is 0 Å². The van der Waals surface area contributed by atoms with Gasteiger partial charge in [0.1, 0.15) is 10.7 Å². The van der Waals surface area contributed by atoms with Crippen LogP contribution < -0.4 is 21.3 Å². The number of amides is 4. The van der Waals surface area contributed by atoms with Crippen LogP contribution in [0.3, 0.4) is 0 Å². The van der Waals surface area contributed by atoms with Crippen molar-refractivity contribution in [3.05, 3.63) is 148 Å². The molecule has 0 radical (unpaired) electrons. The van der Waals surface area contributed by atoms with Gasteiger partial charge >= 0.3 is 5.97 Å². The molecule has 0 saturated heterocycles. The number of thioether (sulfide) groups is 1. The highest BCUT2D eigenvalue weighted by Crippen LogP contribution is 2.34. The van der Waals surface area contributed by atoms with Gasteiger partial charge in [0.2, 0.25) is 5.91 Å². The number of thiophene rings is 1. The molecule has 4 N–H and O–H groups in total. The number of nitrogens with one attached hydrogen (secondary N) is 4. The molecule has 1 aromatic heterocycles. The summed E-state index contributed by atoms with van der Waals surface area (Å²) in [6.45, 7) is 1.63. The predicted octanol–water partition coefficient (Wildman–Crippen LogP) is 7.24. The minimum atomic E-state index is -0.676. The van der Waals surface area contributed by atoms with Crippen molar-refractivity contribution in [2.75, 3.05) is 28.8 Å². The van der Waals surface area contributed by atoms with Crippen molar-refractivity contribution in [3.8, 4) is 0 Å². The van der Waals surface area contributed by atoms with Crippen LogP contribution in [0.2, 0.25) is 0 Å². The molecule has 0 saturated carbocycles. The van der Waals surface area contributed by atoms with E-state index in [-0.39, 0.29) is 26.9 Å². The molecule has 4 amide bonds. The van der Waals surface area contributed by atoms with Gasteiger partial charge in [0.05, 0.1) is 23.3 Å². The van der Waals surface area contributed by atoms with Gasteiger partial charge in [-0.25, -0.2) is 4.79 Å². The first kappa shape index (κ1) is 35.3. The molecule has 0 spiro atoms. The van der Waals surface area contributed by atoms with Gasteiger partial charge in [0.25, 0.3) is 17.7 Å². The molecule has 0 unspecified atom stereocenters. The molecule has 0 aliphatic carbocycles. The lowest BCUT2D eigenvalue weighted by atomic mass is 10.1. The number of hydrogen-bond donors (Lipinski definition) is 4. The number of ether oxygens (including phenoxy) is 1. The Balaban J connectivity index is 1.26. The molecule has 12 heteroatoms. The van der Waals surface area contributed by atoms with E-state index in [2.05, 4.69) is 21.3 Å². The molecule has 1 heterocycles. The summed E-state index contributed by atoms with van der Waals surface area (Å²) in [5.74, 6) is -2.51. The van der Waals surface area contributed by atoms with Gasteiger partial charge in [0.15, 0.2) is 0 Å². The lowest BCUT2D eigenvalue weighted by Gasteiger charge is -2.12. The Morgan fingerprint density at radius 3 is 2.06 bits per heavy atom. The largest absolute Gasteiger partial charge is 0.465 e. The third kappa shape index (κ3) is 9.34. The fraction of sp³-hybridized carbons (Fsp3) is 0.0789. The number of esters is 1. The summed E-state index contributed by atoms with van der Waals surface area (Å²) in [7, 11) is 1.23. The molecule has 0 fully saturated rings. The van der Waals surface area contributed by atoms with Crippen LogP contribution in [0.25, 0.3) is 6.08 Å². The lowest BCUT2D eigenvalue weighted by molar-refractivity contribution is -0.114. The number of carbonyl (C=O) groups is 5. The van der Waals surface area contributed by atoms with Crippen molar-refractivity contribution in [1.82, 2.24) is 5.32 Å². The Morgan fingerprint density at radius 2 is 1.38 bits per heavy atom. The number of rotatable bonds is 12. The van der Waals surface area contributed by atoms with Crippen molar-refractivity contribution in [3.63, 3.8) is 0 Å². The third-order valence-electron chi connectivity index (χ3n) is 7.13. The quantitative estimate of drug-likeness (QED) is 0.0610. The van der Waals surface area contributed by atoms with Crippen LogP contribution in [-0.4, -0.2) is 42.5 Å². The highest BCUT2D eigenvalue weighted by Gasteiger charge is 2.26. The molecule has 0 aliphatic heterocycles. The molecule has 0 aliphatic rings. The monoisotopic (exact) mass is 704 g/mol. The van der Waals surface area contributed by atoms with Crippen molar-refractivity contribution < 1.29 is 28.7 Å². The summed E-state index contributed by atoms with van der Waals surface area (Å²) in [5.41, 5.74) is 2.71. The van der Waals surface area contributed by atoms with E-state index in [1.54, 1.807) is 91.9 Å². The first-order chi connectivity index (χ1) is 24.2. The molecule has 4 aromatic carbocycles. The second-order valence-corrected chi connectivity index (χ2v) is 12.7. The maximum atomic E-state index is 13.4. The van der Waals surface area contributed by atoms with E-state index in [1.807, 2.05) is 36.4 Å². The van der Waals surface area contributed by atoms with Crippen molar-refractivity contribution in [2.45, 2.75) is 11.8 Å². The summed E-state index contributed by atoms with van der Waals surface area (Å²) in [4.78, 5) is 66.1. The fourth-order valence-corrected chi connectivity index (χ4v) is 6.57. The Kier molecular flexibility index (Phi) is 11.9. The van der Waals surface area contributed by atoms with Crippen molar-refractivity contribution >= 4 is 75.1 Å². The van der Waals surface area contributed by atoms with Crippen LogP contribution in [0.1, 0.15) is 41.5 Å². The summed E-state index contributed by atoms with van der Waals surface area (Å²) < 4.78 is 4.94. The van der Waals surface area contributed by atoms with Crippen LogP contribution in [0, 0.1) is 6.92 Å². The van der Waals surface area contributed by atoms with Crippen molar-refractivity contribution in [2.24, 2.45) is 0 Å². The van der Waals surface area contributed by atoms with Crippen LogP contribution >= 0.6 is 23.1 Å². The van der Waals surface area contributed by atoms with Crippen LogP contribution in [0.4, 0.5) is 16.4 Å². The highest BCUT2D eigenvalue weighted by molar-refractivity contribution is 8.00. The Bertz CT molecular complexity index is 2050. The zero-order valence-electron chi connectivity index (χ0n) is 27.0. The molecule has 5 aromatic rings. The minimum absolute atomic E-state index is 0.0349. The number of anilines is 3. The molecular formula is C38H32N4O6S2. The van der Waals surface area contributed by atoms with Gasteiger partial charge in [-0.2, -0.15) is 0 Å². The van der Waals surface area contributed by atoms with Gasteiger partial charge in [0, 0.05) is 21.8 Å². The smallest absolute Gasteiger partial charge is 0.341 e. The fourth-order valence-electron chi connectivity index (χ4n) is 4.71. The topological polar surface area (TPSA) is 143 Å². The Labute approximate surface area is 297 Å². The molecule has 50 heavy (non-hydrogen) atoms. The maximum absolute atomic E-state index is 13.4. The summed E-state index contributed by atoms with van der Waals surface area (Å²) in [5, 5.41) is 11.3. The van der Waals surface area contributed by atoms with E-state index in [0.717, 1.165) is 16.9 Å². The van der Waals surface area contributed by atoms with E-state index >= 15 is 0 Å². The van der Waals surface area contributed by atoms with Crippen LogP contribution in [0.5, 0.6) is 0 Å². The van der Waals surface area contributed by atoms with E-state index in [4.69, 9.17) is 4.74 Å². The highest BCUT2D eigenvalue weighted by atomic mass is 32.2. The van der Waals surface area contributed by atoms with Gasteiger partial charge in [-0.15, -0.1) is 23.1 Å². The SMILES string of the molecule is COC(=O)c1c(NC(=O)CSc2cccc(NC(=O)/C(=C/c3ccccc3)NC(=O)c3ccccc3)c2)sc(C(=O)Nc2ccccc2)c1C. The number of carbonyl (C=O) groups excluding carboxylic acids is 5. The number of benzene rings is 4. The summed E-state index contributed by atoms with van der Waals surface area (Å²) >= 11 is 2.19. The van der Waals surface area contributed by atoms with E-state index in [0.29, 0.717) is 27.4 Å². The summed E-state index contributed by atoms with van der Waals surface area (Å²) in [6.07, 6.45) is 1.59. The second-order valence-electron chi connectivity index (χ2n) is 10.7. The van der Waals surface area contributed by atoms with E-state index < -0.39 is 29.6 Å². The standard InChI is InChI=1S/C38H32N4O6S2/c1-24-32(38(47)48-2)37(50-33(24)36(46)39-27-17-10-5-11-18-27)42-31(43)23-49-29-20-12-19-28(22-29)40-35(45)30(21-25-13-6-3-7-14-25)41-34(44)26-15-8-4-9-16-26/h3-22H,23H2,1-2H3,(H,39,46)(H,40,45)(H,41,44)(H,42,43)/b30-21-. The van der Waals surface area contributed by atoms with Gasteiger partial charge in [-0.1, -0.05) is 72.8 Å². The van der Waals surface area contributed by atoms with Gasteiger partial charge in [-0.3, -0.25) is 19.2 Å². The number of para-hydroxylation sites is 1. The molecule has 0 bridgehead atoms. The Hall–Kier alpha value is -5.98. The third-order valence-corrected chi connectivity index (χ3v) is 9.33. The summed E-state index contributed by atoms with van der Waals surface area (Å²) in [6, 6.07) is 33.5. The molecule has 0 atom stereocenters. The number of methoxy groups -OCH3 is 1. The normalized spacial score (nSPS) is 10.9. The van der Waals surface area contributed by atoms with Gasteiger partial charge < -0.3 is 26.0 Å². The molecule has 10 nitrogen and oxygen atoms in total. The second kappa shape index (κ2) is 16.9.